The van der Waals surface area contributed by atoms with Crippen LogP contribution in [0.3, 0.4) is 0 Å². The Morgan fingerprint density at radius 3 is 2.44 bits per heavy atom. The maximum Gasteiger partial charge on any atom is 0.159 e. The molecule has 0 amide bonds. The van der Waals surface area contributed by atoms with Crippen molar-refractivity contribution in [2.45, 2.75) is 47.5 Å². The van der Waals surface area contributed by atoms with Crippen LogP contribution in [0.15, 0.2) is 24.4 Å². The summed E-state index contributed by atoms with van der Waals surface area (Å²) in [7, 11) is 0. The maximum absolute atomic E-state index is 6.29. The van der Waals surface area contributed by atoms with Crippen molar-refractivity contribution in [2.75, 3.05) is 23.3 Å². The number of fused-ring (bicyclic) bond motifs is 1. The molecule has 0 spiro atoms. The van der Waals surface area contributed by atoms with Crippen LogP contribution in [0.25, 0.3) is 5.65 Å². The molecule has 0 saturated carbocycles. The third-order valence-electron chi connectivity index (χ3n) is 4.91. The van der Waals surface area contributed by atoms with Crippen molar-refractivity contribution in [2.24, 2.45) is 0 Å². The molecule has 6 heteroatoms. The smallest absolute Gasteiger partial charge is 0.159 e. The van der Waals surface area contributed by atoms with Crippen molar-refractivity contribution in [3.63, 3.8) is 0 Å². The number of aryl methyl sites for hydroxylation is 1. The van der Waals surface area contributed by atoms with Crippen molar-refractivity contribution in [3.05, 3.63) is 46.1 Å². The van der Waals surface area contributed by atoms with Crippen LogP contribution in [-0.2, 0) is 0 Å². The highest BCUT2D eigenvalue weighted by molar-refractivity contribution is 6.31. The van der Waals surface area contributed by atoms with Crippen LogP contribution in [0.1, 0.15) is 43.4 Å². The molecular formula is C21H28ClN5. The molecule has 3 aromatic rings. The number of anilines is 3. The molecule has 0 atom stereocenters. The first-order valence-electron chi connectivity index (χ1n) is 9.59. The second-order valence-corrected chi connectivity index (χ2v) is 7.45. The van der Waals surface area contributed by atoms with Gasteiger partial charge in [0.15, 0.2) is 5.65 Å². The number of hydrogen-bond acceptors (Lipinski definition) is 4. The van der Waals surface area contributed by atoms with Crippen LogP contribution < -0.4 is 10.2 Å². The standard InChI is InChI=1S/C21H28ClN5/c1-6-10-26(11-7-2)21-16(5)20(25-19-8-9-23-27(19)21)24-18-13-17(22)12-14(3)15(18)4/h8-9,12-13H,6-7,10-11H2,1-5H3,(H,24,25). The monoisotopic (exact) mass is 385 g/mol. The fourth-order valence-electron chi connectivity index (χ4n) is 3.44. The van der Waals surface area contributed by atoms with Crippen LogP contribution >= 0.6 is 11.6 Å². The lowest BCUT2D eigenvalue weighted by molar-refractivity contribution is 0.712. The first-order valence-corrected chi connectivity index (χ1v) is 9.97. The Kier molecular flexibility index (Phi) is 5.90. The van der Waals surface area contributed by atoms with Gasteiger partial charge in [-0.15, -0.1) is 0 Å². The molecule has 0 bridgehead atoms. The van der Waals surface area contributed by atoms with Crippen molar-refractivity contribution in [1.29, 1.82) is 0 Å². The SMILES string of the molecule is CCCN(CCC)c1c(C)c(Nc2cc(Cl)cc(C)c2C)nc2ccnn12. The van der Waals surface area contributed by atoms with Gasteiger partial charge in [0.2, 0.25) is 0 Å². The van der Waals surface area contributed by atoms with E-state index in [0.29, 0.717) is 0 Å². The van der Waals surface area contributed by atoms with Crippen molar-refractivity contribution < 1.29 is 0 Å². The topological polar surface area (TPSA) is 45.5 Å². The third kappa shape index (κ3) is 3.88. The van der Waals surface area contributed by atoms with Gasteiger partial charge in [0, 0.05) is 35.4 Å². The minimum Gasteiger partial charge on any atom is -0.356 e. The molecule has 0 unspecified atom stereocenters. The molecule has 0 aliphatic heterocycles. The number of rotatable bonds is 7. The summed E-state index contributed by atoms with van der Waals surface area (Å²) in [6.45, 7) is 12.7. The van der Waals surface area contributed by atoms with Gasteiger partial charge in [0.25, 0.3) is 0 Å². The molecule has 144 valence electrons. The highest BCUT2D eigenvalue weighted by Gasteiger charge is 2.18. The third-order valence-corrected chi connectivity index (χ3v) is 5.13. The van der Waals surface area contributed by atoms with E-state index in [1.54, 1.807) is 6.20 Å². The summed E-state index contributed by atoms with van der Waals surface area (Å²) in [5.74, 6) is 1.95. The van der Waals surface area contributed by atoms with Crippen LogP contribution in [0.2, 0.25) is 5.02 Å². The number of nitrogens with one attached hydrogen (secondary N) is 1. The van der Waals surface area contributed by atoms with E-state index in [1.807, 2.05) is 22.7 Å². The van der Waals surface area contributed by atoms with E-state index < -0.39 is 0 Å². The van der Waals surface area contributed by atoms with Crippen LogP contribution in [0, 0.1) is 20.8 Å². The summed E-state index contributed by atoms with van der Waals surface area (Å²) < 4.78 is 1.95. The predicted molar refractivity (Wildman–Crippen MR) is 115 cm³/mol. The molecule has 1 aromatic carbocycles. The minimum absolute atomic E-state index is 0.725. The van der Waals surface area contributed by atoms with E-state index in [0.717, 1.165) is 65.1 Å². The summed E-state index contributed by atoms with van der Waals surface area (Å²) in [6, 6.07) is 5.89. The number of nitrogens with zero attached hydrogens (tertiary/aromatic N) is 4. The van der Waals surface area contributed by atoms with Crippen molar-refractivity contribution in [1.82, 2.24) is 14.6 Å². The van der Waals surface area contributed by atoms with Gasteiger partial charge < -0.3 is 10.2 Å². The van der Waals surface area contributed by atoms with Crippen LogP contribution in [0.4, 0.5) is 17.3 Å². The second kappa shape index (κ2) is 8.17. The molecule has 3 rings (SSSR count). The molecule has 27 heavy (non-hydrogen) atoms. The molecule has 0 saturated heterocycles. The maximum atomic E-state index is 6.29. The van der Waals surface area contributed by atoms with Gasteiger partial charge in [-0.25, -0.2) is 4.98 Å². The molecule has 0 aliphatic carbocycles. The van der Waals surface area contributed by atoms with E-state index >= 15 is 0 Å². The van der Waals surface area contributed by atoms with E-state index in [9.17, 15) is 0 Å². The van der Waals surface area contributed by atoms with E-state index in [1.165, 1.54) is 5.56 Å². The lowest BCUT2D eigenvalue weighted by Crippen LogP contribution is -2.28. The second-order valence-electron chi connectivity index (χ2n) is 7.02. The first-order chi connectivity index (χ1) is 13.0. The van der Waals surface area contributed by atoms with Crippen LogP contribution in [-0.4, -0.2) is 27.7 Å². The molecule has 0 fully saturated rings. The summed E-state index contributed by atoms with van der Waals surface area (Å²) >= 11 is 6.29. The Morgan fingerprint density at radius 1 is 1.07 bits per heavy atom. The van der Waals surface area contributed by atoms with E-state index in [2.05, 4.69) is 49.9 Å². The van der Waals surface area contributed by atoms with E-state index in [4.69, 9.17) is 16.6 Å². The lowest BCUT2D eigenvalue weighted by Gasteiger charge is -2.27. The Balaban J connectivity index is 2.13. The molecular weight excluding hydrogens is 358 g/mol. The summed E-state index contributed by atoms with van der Waals surface area (Å²) in [4.78, 5) is 7.21. The summed E-state index contributed by atoms with van der Waals surface area (Å²) in [6.07, 6.45) is 3.97. The van der Waals surface area contributed by atoms with Gasteiger partial charge in [-0.2, -0.15) is 9.61 Å². The lowest BCUT2D eigenvalue weighted by atomic mass is 10.1. The zero-order chi connectivity index (χ0) is 19.6. The normalized spacial score (nSPS) is 11.2. The Hall–Kier alpha value is -2.27. The quantitative estimate of drug-likeness (QED) is 0.568. The number of benzene rings is 1. The molecule has 2 heterocycles. The first kappa shape index (κ1) is 19.5. The average molecular weight is 386 g/mol. The molecule has 0 aliphatic rings. The largest absolute Gasteiger partial charge is 0.356 e. The fourth-order valence-corrected chi connectivity index (χ4v) is 3.71. The zero-order valence-electron chi connectivity index (χ0n) is 16.8. The van der Waals surface area contributed by atoms with Gasteiger partial charge in [-0.1, -0.05) is 25.4 Å². The van der Waals surface area contributed by atoms with Gasteiger partial charge in [-0.05, 0) is 56.9 Å². The molecule has 2 aromatic heterocycles. The highest BCUT2D eigenvalue weighted by Crippen LogP contribution is 2.32. The Morgan fingerprint density at radius 2 is 1.78 bits per heavy atom. The van der Waals surface area contributed by atoms with Gasteiger partial charge >= 0.3 is 0 Å². The summed E-state index contributed by atoms with van der Waals surface area (Å²) in [5.41, 5.74) is 5.25. The fraction of sp³-hybridized carbons (Fsp3) is 0.429. The zero-order valence-corrected chi connectivity index (χ0v) is 17.6. The Labute approximate surface area is 166 Å². The van der Waals surface area contributed by atoms with Gasteiger partial charge in [0.05, 0.1) is 6.20 Å². The van der Waals surface area contributed by atoms with Crippen LogP contribution in [0.5, 0.6) is 0 Å². The number of halogens is 1. The number of aromatic nitrogens is 3. The van der Waals surface area contributed by atoms with E-state index in [-0.39, 0.29) is 0 Å². The van der Waals surface area contributed by atoms with Crippen molar-refractivity contribution >= 4 is 34.6 Å². The molecule has 1 N–H and O–H groups in total. The van der Waals surface area contributed by atoms with Gasteiger partial charge in [-0.3, -0.25) is 0 Å². The average Bonchev–Trinajstić information content (AvgIpc) is 3.07. The molecule has 5 nitrogen and oxygen atoms in total. The highest BCUT2D eigenvalue weighted by atomic mass is 35.5. The van der Waals surface area contributed by atoms with Gasteiger partial charge in [0.1, 0.15) is 11.6 Å². The Bertz CT molecular complexity index is 941. The summed E-state index contributed by atoms with van der Waals surface area (Å²) in [5, 5.41) is 8.77. The molecule has 0 radical (unpaired) electrons. The predicted octanol–water partition coefficient (Wildman–Crippen LogP) is 5.68. The minimum atomic E-state index is 0.725. The number of hydrogen-bond donors (Lipinski definition) is 1. The van der Waals surface area contributed by atoms with Crippen molar-refractivity contribution in [3.8, 4) is 0 Å².